The summed E-state index contributed by atoms with van der Waals surface area (Å²) in [6, 6.07) is 0.250. The van der Waals surface area contributed by atoms with E-state index in [2.05, 4.69) is 45.9 Å². The molecular weight excluding hydrogens is 419 g/mol. The highest BCUT2D eigenvalue weighted by Gasteiger charge is 2.16. The van der Waals surface area contributed by atoms with Crippen molar-refractivity contribution in [1.29, 1.82) is 0 Å². The van der Waals surface area contributed by atoms with Crippen molar-refractivity contribution < 1.29 is 4.74 Å². The van der Waals surface area contributed by atoms with Gasteiger partial charge in [0.15, 0.2) is 5.96 Å². The van der Waals surface area contributed by atoms with Gasteiger partial charge in [0.2, 0.25) is 0 Å². The Labute approximate surface area is 163 Å². The van der Waals surface area contributed by atoms with Crippen LogP contribution in [0.4, 0.5) is 0 Å². The fourth-order valence-electron chi connectivity index (χ4n) is 2.30. The minimum Gasteiger partial charge on any atom is -0.382 e. The smallest absolute Gasteiger partial charge is 0.191 e. The summed E-state index contributed by atoms with van der Waals surface area (Å²) < 4.78 is 7.17. The Morgan fingerprint density at radius 2 is 2.12 bits per heavy atom. The van der Waals surface area contributed by atoms with E-state index in [0.29, 0.717) is 0 Å². The molecule has 0 aliphatic rings. The molecule has 0 bridgehead atoms. The van der Waals surface area contributed by atoms with Crippen molar-refractivity contribution in [2.24, 2.45) is 12.0 Å². The molecule has 0 aromatic carbocycles. The molecule has 0 saturated heterocycles. The first-order chi connectivity index (χ1) is 11.1. The van der Waals surface area contributed by atoms with Crippen molar-refractivity contribution in [3.8, 4) is 0 Å². The van der Waals surface area contributed by atoms with Crippen LogP contribution in [0.3, 0.4) is 0 Å². The molecule has 7 nitrogen and oxygen atoms in total. The van der Waals surface area contributed by atoms with Gasteiger partial charge in [0, 0.05) is 52.2 Å². The molecule has 0 aliphatic carbocycles. The Bertz CT molecular complexity index is 463. The number of aryl methyl sites for hydroxylation is 1. The Balaban J connectivity index is 0.00000529. The first-order valence-corrected chi connectivity index (χ1v) is 8.25. The van der Waals surface area contributed by atoms with E-state index in [-0.39, 0.29) is 30.0 Å². The molecule has 0 saturated carbocycles. The van der Waals surface area contributed by atoms with Crippen LogP contribution in [0.25, 0.3) is 0 Å². The van der Waals surface area contributed by atoms with Gasteiger partial charge in [-0.15, -0.1) is 24.0 Å². The average Bonchev–Trinajstić information content (AvgIpc) is 2.94. The molecule has 1 unspecified atom stereocenters. The first kappa shape index (κ1) is 23.1. The second-order valence-electron chi connectivity index (χ2n) is 5.71. The van der Waals surface area contributed by atoms with E-state index < -0.39 is 0 Å². The molecule has 8 heteroatoms. The number of nitrogens with zero attached hydrogens (tertiary/aromatic N) is 4. The van der Waals surface area contributed by atoms with Crippen LogP contribution >= 0.6 is 24.0 Å². The number of unbranched alkanes of at least 4 members (excludes halogenated alkanes) is 1. The van der Waals surface area contributed by atoms with Crippen LogP contribution in [-0.4, -0.2) is 68.1 Å². The summed E-state index contributed by atoms with van der Waals surface area (Å²) in [6.07, 6.45) is 6.10. The topological polar surface area (TPSA) is 66.7 Å². The van der Waals surface area contributed by atoms with Gasteiger partial charge < -0.3 is 20.3 Å². The summed E-state index contributed by atoms with van der Waals surface area (Å²) in [5.41, 5.74) is 1.19. The average molecular weight is 452 g/mol. The van der Waals surface area contributed by atoms with Gasteiger partial charge in [-0.1, -0.05) is 0 Å². The van der Waals surface area contributed by atoms with Gasteiger partial charge in [-0.2, -0.15) is 5.10 Å². The summed E-state index contributed by atoms with van der Waals surface area (Å²) in [6.45, 7) is 5.31. The van der Waals surface area contributed by atoms with Crippen LogP contribution < -0.4 is 10.6 Å². The van der Waals surface area contributed by atoms with E-state index in [1.807, 2.05) is 24.9 Å². The summed E-state index contributed by atoms with van der Waals surface area (Å²) in [4.78, 5) is 6.46. The van der Waals surface area contributed by atoms with Gasteiger partial charge >= 0.3 is 0 Å². The predicted molar refractivity (Wildman–Crippen MR) is 110 cm³/mol. The van der Waals surface area contributed by atoms with Crippen molar-refractivity contribution >= 4 is 29.9 Å². The number of rotatable bonds is 10. The Morgan fingerprint density at radius 1 is 1.38 bits per heavy atom. The maximum Gasteiger partial charge on any atom is 0.191 e. The molecule has 0 aliphatic heterocycles. The lowest BCUT2D eigenvalue weighted by Crippen LogP contribution is -2.42. The quantitative estimate of drug-likeness (QED) is 0.245. The molecule has 1 heterocycles. The lowest BCUT2D eigenvalue weighted by atomic mass is 10.1. The van der Waals surface area contributed by atoms with E-state index in [1.54, 1.807) is 7.05 Å². The number of hydrogen-bond donors (Lipinski definition) is 2. The SMILES string of the molecule is CCOCCCCNC(=NC)NCC(c1cnn(C)c1)N(C)C.I. The first-order valence-electron chi connectivity index (χ1n) is 8.25. The third kappa shape index (κ3) is 8.84. The number of likely N-dealkylation sites (N-methyl/N-ethyl adjacent to an activating group) is 1. The molecule has 0 amide bonds. The van der Waals surface area contributed by atoms with Crippen molar-refractivity contribution in [2.75, 3.05) is 47.4 Å². The van der Waals surface area contributed by atoms with Crippen LogP contribution in [0.15, 0.2) is 17.4 Å². The fraction of sp³-hybridized carbons (Fsp3) is 0.750. The monoisotopic (exact) mass is 452 g/mol. The third-order valence-electron chi connectivity index (χ3n) is 3.63. The number of hydrogen-bond acceptors (Lipinski definition) is 4. The number of halogens is 1. The minimum atomic E-state index is 0. The molecule has 0 spiro atoms. The Morgan fingerprint density at radius 3 is 2.67 bits per heavy atom. The van der Waals surface area contributed by atoms with Gasteiger partial charge in [0.05, 0.1) is 12.2 Å². The van der Waals surface area contributed by atoms with Crippen molar-refractivity contribution in [3.05, 3.63) is 18.0 Å². The molecule has 1 atom stereocenters. The van der Waals surface area contributed by atoms with Gasteiger partial charge in [-0.25, -0.2) is 0 Å². The Kier molecular flexibility index (Phi) is 12.9. The largest absolute Gasteiger partial charge is 0.382 e. The van der Waals surface area contributed by atoms with Crippen LogP contribution in [0.2, 0.25) is 0 Å². The number of aromatic nitrogens is 2. The molecule has 0 radical (unpaired) electrons. The van der Waals surface area contributed by atoms with Crippen LogP contribution in [-0.2, 0) is 11.8 Å². The van der Waals surface area contributed by atoms with Crippen LogP contribution in [0, 0.1) is 0 Å². The zero-order valence-electron chi connectivity index (χ0n) is 15.6. The molecule has 0 fully saturated rings. The number of aliphatic imine (C=N–C) groups is 1. The van der Waals surface area contributed by atoms with Gasteiger partial charge in [0.1, 0.15) is 0 Å². The maximum absolute atomic E-state index is 5.34. The zero-order valence-corrected chi connectivity index (χ0v) is 17.9. The standard InChI is InChI=1S/C16H32N6O.HI/c1-6-23-10-8-7-9-18-16(17-2)19-12-15(21(3)4)14-11-20-22(5)13-14;/h11,13,15H,6-10,12H2,1-5H3,(H2,17,18,19);1H. The second kappa shape index (κ2) is 13.4. The van der Waals surface area contributed by atoms with E-state index in [9.17, 15) is 0 Å². The second-order valence-corrected chi connectivity index (χ2v) is 5.71. The molecule has 2 N–H and O–H groups in total. The summed E-state index contributed by atoms with van der Waals surface area (Å²) in [7, 11) is 7.88. The van der Waals surface area contributed by atoms with E-state index in [4.69, 9.17) is 4.74 Å². The van der Waals surface area contributed by atoms with Crippen molar-refractivity contribution in [2.45, 2.75) is 25.8 Å². The minimum absolute atomic E-state index is 0. The normalized spacial score (nSPS) is 12.8. The van der Waals surface area contributed by atoms with Crippen LogP contribution in [0.1, 0.15) is 31.4 Å². The van der Waals surface area contributed by atoms with E-state index >= 15 is 0 Å². The zero-order chi connectivity index (χ0) is 17.1. The summed E-state index contributed by atoms with van der Waals surface area (Å²) >= 11 is 0. The highest BCUT2D eigenvalue weighted by molar-refractivity contribution is 14.0. The van der Waals surface area contributed by atoms with Crippen molar-refractivity contribution in [3.63, 3.8) is 0 Å². The van der Waals surface area contributed by atoms with Crippen LogP contribution in [0.5, 0.6) is 0 Å². The molecule has 140 valence electrons. The lowest BCUT2D eigenvalue weighted by molar-refractivity contribution is 0.143. The molecular formula is C16H33IN6O. The third-order valence-corrected chi connectivity index (χ3v) is 3.63. The summed E-state index contributed by atoms with van der Waals surface area (Å²) in [5, 5.41) is 11.0. The molecule has 1 rings (SSSR count). The summed E-state index contributed by atoms with van der Waals surface area (Å²) in [5.74, 6) is 0.831. The molecule has 1 aromatic rings. The van der Waals surface area contributed by atoms with Crippen molar-refractivity contribution in [1.82, 2.24) is 25.3 Å². The maximum atomic E-state index is 5.34. The van der Waals surface area contributed by atoms with Gasteiger partial charge in [-0.05, 0) is 33.9 Å². The number of nitrogens with one attached hydrogen (secondary N) is 2. The van der Waals surface area contributed by atoms with Gasteiger partial charge in [-0.3, -0.25) is 9.67 Å². The fourth-order valence-corrected chi connectivity index (χ4v) is 2.30. The van der Waals surface area contributed by atoms with E-state index in [0.717, 1.165) is 45.1 Å². The highest BCUT2D eigenvalue weighted by atomic mass is 127. The van der Waals surface area contributed by atoms with E-state index in [1.165, 1.54) is 5.56 Å². The number of ether oxygens (including phenoxy) is 1. The molecule has 24 heavy (non-hydrogen) atoms. The number of guanidine groups is 1. The lowest BCUT2D eigenvalue weighted by Gasteiger charge is -2.24. The Hall–Kier alpha value is -0.870. The predicted octanol–water partition coefficient (Wildman–Crippen LogP) is 1.62. The highest BCUT2D eigenvalue weighted by Crippen LogP contribution is 2.15. The van der Waals surface area contributed by atoms with Gasteiger partial charge in [0.25, 0.3) is 0 Å². The molecule has 1 aromatic heterocycles.